The largest absolute Gasteiger partial charge is 0.368 e. The van der Waals surface area contributed by atoms with Crippen LogP contribution in [0.15, 0.2) is 53.5 Å². The van der Waals surface area contributed by atoms with Crippen molar-refractivity contribution in [3.05, 3.63) is 65.5 Å². The summed E-state index contributed by atoms with van der Waals surface area (Å²) in [5, 5.41) is 6.32. The molecule has 8 heteroatoms. The zero-order valence-corrected chi connectivity index (χ0v) is 18.9. The maximum atomic E-state index is 13.5. The number of halogens is 1. The lowest BCUT2D eigenvalue weighted by Crippen LogP contribution is -2.52. The monoisotopic (exact) mass is 443 g/mol. The first-order chi connectivity index (χ1) is 15.1. The molecule has 0 saturated carbocycles. The number of benzene rings is 2. The van der Waals surface area contributed by atoms with Gasteiger partial charge in [0, 0.05) is 51.2 Å². The van der Waals surface area contributed by atoms with Crippen LogP contribution in [0.2, 0.25) is 0 Å². The fraction of sp³-hybridized carbons (Fsp3) is 0.391. The fourth-order valence-electron chi connectivity index (χ4n) is 3.58. The van der Waals surface area contributed by atoms with Crippen LogP contribution in [-0.2, 0) is 17.1 Å². The van der Waals surface area contributed by atoms with Gasteiger partial charge in [0.2, 0.25) is 5.91 Å². The normalized spacial score (nSPS) is 14.5. The van der Waals surface area contributed by atoms with Crippen molar-refractivity contribution in [1.82, 2.24) is 15.5 Å². The van der Waals surface area contributed by atoms with Gasteiger partial charge in [-0.3, -0.25) is 9.79 Å². The Hall–Kier alpha value is -2.74. The van der Waals surface area contributed by atoms with Crippen molar-refractivity contribution in [2.45, 2.75) is 12.3 Å². The van der Waals surface area contributed by atoms with E-state index in [1.807, 2.05) is 29.4 Å². The zero-order valence-electron chi connectivity index (χ0n) is 18.1. The van der Waals surface area contributed by atoms with Gasteiger partial charge >= 0.3 is 0 Å². The molecule has 0 atom stereocenters. The van der Waals surface area contributed by atoms with Gasteiger partial charge in [-0.1, -0.05) is 24.3 Å². The number of para-hydroxylation sites is 1. The Morgan fingerprint density at radius 2 is 1.81 bits per heavy atom. The van der Waals surface area contributed by atoms with Crippen LogP contribution < -0.4 is 15.5 Å². The Morgan fingerprint density at radius 1 is 1.06 bits per heavy atom. The number of carbonyl (C=O) groups is 1. The second-order valence-corrected chi connectivity index (χ2v) is 8.19. The predicted octanol–water partition coefficient (Wildman–Crippen LogP) is 2.70. The summed E-state index contributed by atoms with van der Waals surface area (Å²) in [5.41, 5.74) is 3.17. The van der Waals surface area contributed by atoms with E-state index >= 15 is 0 Å². The van der Waals surface area contributed by atoms with Gasteiger partial charge in [0.15, 0.2) is 5.96 Å². The first-order valence-electron chi connectivity index (χ1n) is 10.4. The Labute approximate surface area is 187 Å². The molecule has 1 aliphatic heterocycles. The standard InChI is InChI=1S/C23H30FN5OS/c1-25-23(26-15-18-8-9-20(24)14-19(18)17-31-2)27-16-22(30)29-12-10-28(11-13-29)21-6-4-3-5-7-21/h3-9,14H,10-13,15-17H2,1-2H3,(H2,25,26,27). The predicted molar refractivity (Wildman–Crippen MR) is 127 cm³/mol. The van der Waals surface area contributed by atoms with Crippen LogP contribution in [0, 0.1) is 5.82 Å². The molecule has 2 aromatic carbocycles. The van der Waals surface area contributed by atoms with Gasteiger partial charge in [0.1, 0.15) is 5.82 Å². The third-order valence-electron chi connectivity index (χ3n) is 5.30. The molecule has 0 spiro atoms. The number of thioether (sulfide) groups is 1. The molecule has 1 heterocycles. The SMILES string of the molecule is CN=C(NCC(=O)N1CCN(c2ccccc2)CC1)NCc1ccc(F)cc1CSC. The van der Waals surface area contributed by atoms with Crippen molar-refractivity contribution in [3.63, 3.8) is 0 Å². The lowest BCUT2D eigenvalue weighted by Gasteiger charge is -2.36. The van der Waals surface area contributed by atoms with Crippen molar-refractivity contribution >= 4 is 29.3 Å². The summed E-state index contributed by atoms with van der Waals surface area (Å²) in [6, 6.07) is 15.1. The smallest absolute Gasteiger partial charge is 0.242 e. The molecule has 166 valence electrons. The van der Waals surface area contributed by atoms with E-state index in [4.69, 9.17) is 0 Å². The molecule has 31 heavy (non-hydrogen) atoms. The number of amides is 1. The van der Waals surface area contributed by atoms with Crippen molar-refractivity contribution < 1.29 is 9.18 Å². The van der Waals surface area contributed by atoms with E-state index in [0.717, 1.165) is 30.0 Å². The summed E-state index contributed by atoms with van der Waals surface area (Å²) < 4.78 is 13.5. The molecule has 1 fully saturated rings. The Bertz CT molecular complexity index is 885. The van der Waals surface area contributed by atoms with Crippen LogP contribution >= 0.6 is 11.8 Å². The number of guanidine groups is 1. The number of nitrogens with one attached hydrogen (secondary N) is 2. The van der Waals surface area contributed by atoms with Gasteiger partial charge in [-0.15, -0.1) is 0 Å². The van der Waals surface area contributed by atoms with Crippen LogP contribution in [0.4, 0.5) is 10.1 Å². The average molecular weight is 444 g/mol. The molecule has 3 rings (SSSR count). The zero-order chi connectivity index (χ0) is 22.1. The summed E-state index contributed by atoms with van der Waals surface area (Å²) >= 11 is 1.65. The number of piperazine rings is 1. The number of hydrogen-bond acceptors (Lipinski definition) is 4. The molecule has 1 amide bonds. The number of carbonyl (C=O) groups excluding carboxylic acids is 1. The maximum Gasteiger partial charge on any atom is 0.242 e. The number of aliphatic imine (C=N–C) groups is 1. The van der Waals surface area contributed by atoms with E-state index in [2.05, 4.69) is 32.7 Å². The van der Waals surface area contributed by atoms with Gasteiger partial charge in [-0.2, -0.15) is 11.8 Å². The van der Waals surface area contributed by atoms with Crippen LogP contribution in [0.5, 0.6) is 0 Å². The van der Waals surface area contributed by atoms with E-state index in [1.165, 1.54) is 11.8 Å². The van der Waals surface area contributed by atoms with Crippen LogP contribution in [0.3, 0.4) is 0 Å². The number of rotatable bonds is 7. The molecule has 6 nitrogen and oxygen atoms in total. The summed E-state index contributed by atoms with van der Waals surface area (Å²) in [7, 11) is 1.67. The van der Waals surface area contributed by atoms with Crippen molar-refractivity contribution in [3.8, 4) is 0 Å². The van der Waals surface area contributed by atoms with Gasteiger partial charge in [-0.05, 0) is 41.6 Å². The second kappa shape index (κ2) is 11.6. The fourth-order valence-corrected chi connectivity index (χ4v) is 4.16. The van der Waals surface area contributed by atoms with E-state index in [9.17, 15) is 9.18 Å². The number of hydrogen-bond donors (Lipinski definition) is 2. The maximum absolute atomic E-state index is 13.5. The summed E-state index contributed by atoms with van der Waals surface area (Å²) in [6.07, 6.45) is 1.99. The van der Waals surface area contributed by atoms with E-state index in [0.29, 0.717) is 25.6 Å². The lowest BCUT2D eigenvalue weighted by molar-refractivity contribution is -0.130. The van der Waals surface area contributed by atoms with E-state index in [-0.39, 0.29) is 18.3 Å². The highest BCUT2D eigenvalue weighted by molar-refractivity contribution is 7.97. The average Bonchev–Trinajstić information content (AvgIpc) is 2.81. The molecular weight excluding hydrogens is 413 g/mol. The molecule has 0 unspecified atom stereocenters. The molecule has 0 aromatic heterocycles. The third kappa shape index (κ3) is 6.62. The molecule has 1 aliphatic rings. The Morgan fingerprint density at radius 3 is 2.48 bits per heavy atom. The van der Waals surface area contributed by atoms with Crippen LogP contribution in [0.1, 0.15) is 11.1 Å². The highest BCUT2D eigenvalue weighted by atomic mass is 32.2. The third-order valence-corrected chi connectivity index (χ3v) is 5.90. The lowest BCUT2D eigenvalue weighted by atomic mass is 10.1. The Kier molecular flexibility index (Phi) is 8.58. The minimum Gasteiger partial charge on any atom is -0.368 e. The van der Waals surface area contributed by atoms with Gasteiger partial charge < -0.3 is 20.4 Å². The second-order valence-electron chi connectivity index (χ2n) is 7.33. The first-order valence-corrected chi connectivity index (χ1v) is 11.8. The van der Waals surface area contributed by atoms with E-state index < -0.39 is 0 Å². The van der Waals surface area contributed by atoms with Gasteiger partial charge in [0.05, 0.1) is 6.54 Å². The summed E-state index contributed by atoms with van der Waals surface area (Å²) in [6.45, 7) is 3.76. The van der Waals surface area contributed by atoms with E-state index in [1.54, 1.807) is 30.9 Å². The van der Waals surface area contributed by atoms with Crippen molar-refractivity contribution in [2.24, 2.45) is 4.99 Å². The van der Waals surface area contributed by atoms with Crippen molar-refractivity contribution in [2.75, 3.05) is 50.9 Å². The van der Waals surface area contributed by atoms with Gasteiger partial charge in [-0.25, -0.2) is 4.39 Å². The molecule has 1 saturated heterocycles. The van der Waals surface area contributed by atoms with Gasteiger partial charge in [0.25, 0.3) is 0 Å². The minimum absolute atomic E-state index is 0.0560. The molecule has 0 radical (unpaired) electrons. The highest BCUT2D eigenvalue weighted by Crippen LogP contribution is 2.17. The Balaban J connectivity index is 1.45. The quantitative estimate of drug-likeness (QED) is 0.509. The summed E-state index contributed by atoms with van der Waals surface area (Å²) in [5.74, 6) is 1.12. The number of anilines is 1. The van der Waals surface area contributed by atoms with Crippen molar-refractivity contribution in [1.29, 1.82) is 0 Å². The molecule has 2 N–H and O–H groups in total. The van der Waals surface area contributed by atoms with Crippen LogP contribution in [-0.4, -0.2) is 62.8 Å². The molecular formula is C23H30FN5OS. The minimum atomic E-state index is -0.228. The highest BCUT2D eigenvalue weighted by Gasteiger charge is 2.21. The molecule has 0 aliphatic carbocycles. The molecule has 2 aromatic rings. The molecule has 0 bridgehead atoms. The van der Waals surface area contributed by atoms with Crippen LogP contribution in [0.25, 0.3) is 0 Å². The summed E-state index contributed by atoms with van der Waals surface area (Å²) in [4.78, 5) is 21.0. The number of nitrogens with zero attached hydrogens (tertiary/aromatic N) is 3. The first kappa shape index (κ1) is 22.9. The topological polar surface area (TPSA) is 60.0 Å².